The van der Waals surface area contributed by atoms with E-state index in [4.69, 9.17) is 23.7 Å². The zero-order valence-corrected chi connectivity index (χ0v) is 32.3. The molecular formula is C44H58O8. The largest absolute Gasteiger partial charge is 0.497 e. The molecular weight excluding hydrogens is 656 g/mol. The third kappa shape index (κ3) is 7.23. The zero-order chi connectivity index (χ0) is 37.4. The van der Waals surface area contributed by atoms with E-state index in [-0.39, 0.29) is 70.7 Å². The van der Waals surface area contributed by atoms with Crippen molar-refractivity contribution in [3.05, 3.63) is 65.7 Å². The molecule has 0 heterocycles. The number of allylic oxidation sites excluding steroid dienone is 1. The maximum atomic E-state index is 12.9. The second kappa shape index (κ2) is 15.3. The van der Waals surface area contributed by atoms with E-state index in [2.05, 4.69) is 51.1 Å². The van der Waals surface area contributed by atoms with Crippen LogP contribution in [0.2, 0.25) is 0 Å². The van der Waals surface area contributed by atoms with Gasteiger partial charge in [0.15, 0.2) is 0 Å². The molecule has 0 spiro atoms. The first-order valence-corrected chi connectivity index (χ1v) is 19.3. The van der Waals surface area contributed by atoms with Gasteiger partial charge in [-0.3, -0.25) is 14.4 Å². The summed E-state index contributed by atoms with van der Waals surface area (Å²) < 4.78 is 29.3. The molecule has 8 nitrogen and oxygen atoms in total. The summed E-state index contributed by atoms with van der Waals surface area (Å²) in [5.74, 6) is 2.38. The van der Waals surface area contributed by atoms with Gasteiger partial charge in [-0.1, -0.05) is 51.1 Å². The molecule has 0 unspecified atom stereocenters. The zero-order valence-electron chi connectivity index (χ0n) is 32.3. The van der Waals surface area contributed by atoms with E-state index in [9.17, 15) is 14.4 Å². The summed E-state index contributed by atoms with van der Waals surface area (Å²) in [5, 5.41) is 0. The van der Waals surface area contributed by atoms with Gasteiger partial charge in [-0.25, -0.2) is 0 Å². The van der Waals surface area contributed by atoms with Crippen LogP contribution in [0.3, 0.4) is 0 Å². The van der Waals surface area contributed by atoms with Crippen LogP contribution in [0, 0.1) is 46.3 Å². The summed E-state index contributed by atoms with van der Waals surface area (Å²) in [4.78, 5) is 37.4. The highest BCUT2D eigenvalue weighted by molar-refractivity contribution is 5.80. The molecule has 4 aliphatic rings. The average Bonchev–Trinajstić information content (AvgIpc) is 3.47. The van der Waals surface area contributed by atoms with Crippen molar-refractivity contribution in [3.63, 3.8) is 0 Å². The number of ether oxygens (including phenoxy) is 5. The molecule has 0 N–H and O–H groups in total. The summed E-state index contributed by atoms with van der Waals surface area (Å²) in [6.45, 7) is 11.6. The van der Waals surface area contributed by atoms with E-state index < -0.39 is 0 Å². The number of fused-ring (bicyclic) bond motifs is 5. The first-order valence-electron chi connectivity index (χ1n) is 19.3. The maximum absolute atomic E-state index is 12.9. The minimum Gasteiger partial charge on any atom is -0.497 e. The highest BCUT2D eigenvalue weighted by atomic mass is 16.6. The number of rotatable bonds is 10. The van der Waals surface area contributed by atoms with Crippen molar-refractivity contribution < 1.29 is 38.1 Å². The predicted octanol–water partition coefficient (Wildman–Crippen LogP) is 8.84. The first-order chi connectivity index (χ1) is 24.8. The first kappa shape index (κ1) is 37.9. The van der Waals surface area contributed by atoms with Gasteiger partial charge in [0.25, 0.3) is 0 Å². The highest BCUT2D eigenvalue weighted by Crippen LogP contribution is 2.69. The Morgan fingerprint density at radius 1 is 0.750 bits per heavy atom. The number of methoxy groups -OCH3 is 2. The van der Waals surface area contributed by atoms with E-state index in [0.29, 0.717) is 11.8 Å². The van der Waals surface area contributed by atoms with Crippen LogP contribution < -0.4 is 9.47 Å². The number of hydrogen-bond acceptors (Lipinski definition) is 8. The molecule has 2 aromatic carbocycles. The lowest BCUT2D eigenvalue weighted by atomic mass is 9.43. The number of esters is 3. The van der Waals surface area contributed by atoms with Crippen LogP contribution in [0.5, 0.6) is 11.5 Å². The highest BCUT2D eigenvalue weighted by Gasteiger charge is 2.67. The molecule has 0 saturated heterocycles. The van der Waals surface area contributed by atoms with Gasteiger partial charge in [-0.2, -0.15) is 0 Å². The standard InChI is InChI=1S/C44H58O8/c1-26(9-18-36(30-10-14-33(48-7)15-11-30)31-12-16-34(49-8)17-13-31)37-19-20-38-42-39(25-41(44(37,38)6)52-29(4)47)43(5)22-21-35(50-27(2)45)23-32(43)24-40(42)51-28(3)46/h10-18,26,32,35,37-42H,9,19-25H2,1-8H3/t26-,32-,35-,37-,38+,39+,40-,41+,42+,43+,44-/m1/s1. The molecule has 4 saturated carbocycles. The molecule has 0 radical (unpaired) electrons. The summed E-state index contributed by atoms with van der Waals surface area (Å²) in [7, 11) is 3.36. The van der Waals surface area contributed by atoms with E-state index in [1.807, 2.05) is 24.3 Å². The van der Waals surface area contributed by atoms with Crippen molar-refractivity contribution in [1.29, 1.82) is 0 Å². The fourth-order valence-electron chi connectivity index (χ4n) is 11.5. The van der Waals surface area contributed by atoms with Crippen molar-refractivity contribution in [3.8, 4) is 11.5 Å². The lowest BCUT2D eigenvalue weighted by Crippen LogP contribution is -2.63. The molecule has 4 aliphatic carbocycles. The topological polar surface area (TPSA) is 97.4 Å². The van der Waals surface area contributed by atoms with Crippen molar-refractivity contribution in [2.24, 2.45) is 46.3 Å². The van der Waals surface area contributed by atoms with Crippen molar-refractivity contribution >= 4 is 23.5 Å². The monoisotopic (exact) mass is 714 g/mol. The lowest BCUT2D eigenvalue weighted by molar-refractivity contribution is -0.224. The van der Waals surface area contributed by atoms with Crippen LogP contribution in [0.4, 0.5) is 0 Å². The Bertz CT molecular complexity index is 1580. The molecule has 11 atom stereocenters. The van der Waals surface area contributed by atoms with Crippen molar-refractivity contribution in [1.82, 2.24) is 0 Å². The van der Waals surface area contributed by atoms with E-state index in [1.165, 1.54) is 20.8 Å². The maximum Gasteiger partial charge on any atom is 0.302 e. The van der Waals surface area contributed by atoms with E-state index in [0.717, 1.165) is 79.6 Å². The van der Waals surface area contributed by atoms with Gasteiger partial charge in [0.05, 0.1) is 14.2 Å². The van der Waals surface area contributed by atoms with Gasteiger partial charge >= 0.3 is 17.9 Å². The number of hydrogen-bond donors (Lipinski definition) is 0. The fourth-order valence-corrected chi connectivity index (χ4v) is 11.5. The SMILES string of the molecule is COc1ccc(C(=CC[C@@H](C)[C@H]2CC[C@H]3[C@@H]4[C@H](OC(C)=O)C[C@H]5C[C@H](OC(C)=O)CC[C@]5(C)[C@H]4C[C@H](OC(C)=O)[C@]23C)c2ccc(OC)cc2)cc1. The molecule has 0 amide bonds. The van der Waals surface area contributed by atoms with E-state index >= 15 is 0 Å². The Morgan fingerprint density at radius 2 is 1.33 bits per heavy atom. The molecule has 0 aromatic heterocycles. The second-order valence-electron chi connectivity index (χ2n) is 16.6. The van der Waals surface area contributed by atoms with Crippen LogP contribution in [0.1, 0.15) is 104 Å². The Hall–Kier alpha value is -3.81. The second-order valence-corrected chi connectivity index (χ2v) is 16.6. The average molecular weight is 715 g/mol. The molecule has 0 bridgehead atoms. The predicted molar refractivity (Wildman–Crippen MR) is 199 cm³/mol. The van der Waals surface area contributed by atoms with Gasteiger partial charge < -0.3 is 23.7 Å². The fraction of sp³-hybridized carbons (Fsp3) is 0.614. The van der Waals surface area contributed by atoms with Gasteiger partial charge in [-0.15, -0.1) is 0 Å². The Kier molecular flexibility index (Phi) is 11.1. The Balaban J connectivity index is 1.33. The van der Waals surface area contributed by atoms with Crippen LogP contribution in [-0.2, 0) is 28.6 Å². The lowest BCUT2D eigenvalue weighted by Gasteiger charge is -2.64. The van der Waals surface area contributed by atoms with Crippen LogP contribution >= 0.6 is 0 Å². The van der Waals surface area contributed by atoms with Crippen LogP contribution in [-0.4, -0.2) is 50.4 Å². The van der Waals surface area contributed by atoms with Crippen LogP contribution in [0.15, 0.2) is 54.6 Å². The number of benzene rings is 2. The van der Waals surface area contributed by atoms with Gasteiger partial charge in [-0.05, 0) is 127 Å². The quantitative estimate of drug-likeness (QED) is 0.178. The molecule has 8 heteroatoms. The summed E-state index contributed by atoms with van der Waals surface area (Å²) in [5.41, 5.74) is 3.07. The van der Waals surface area contributed by atoms with Crippen molar-refractivity contribution in [2.75, 3.05) is 14.2 Å². The minimum absolute atomic E-state index is 0.0320. The van der Waals surface area contributed by atoms with Crippen LogP contribution in [0.25, 0.3) is 5.57 Å². The smallest absolute Gasteiger partial charge is 0.302 e. The Morgan fingerprint density at radius 3 is 1.87 bits per heavy atom. The van der Waals surface area contributed by atoms with Crippen molar-refractivity contribution in [2.45, 2.75) is 111 Å². The summed E-state index contributed by atoms with van der Waals surface area (Å²) >= 11 is 0. The Labute approximate surface area is 310 Å². The summed E-state index contributed by atoms with van der Waals surface area (Å²) in [6.07, 6.45) is 8.74. The third-order valence-corrected chi connectivity index (χ3v) is 13.9. The molecule has 0 aliphatic heterocycles. The number of carbonyl (C=O) groups is 3. The molecule has 2 aromatic rings. The molecule has 6 rings (SSSR count). The molecule has 4 fully saturated rings. The minimum atomic E-state index is -0.281. The normalized spacial score (nSPS) is 34.0. The molecule has 52 heavy (non-hydrogen) atoms. The van der Waals surface area contributed by atoms with Gasteiger partial charge in [0.1, 0.15) is 29.8 Å². The third-order valence-electron chi connectivity index (χ3n) is 13.9. The summed E-state index contributed by atoms with van der Waals surface area (Å²) in [6, 6.07) is 16.4. The number of carbonyl (C=O) groups excluding carboxylic acids is 3. The molecule has 282 valence electrons. The van der Waals surface area contributed by atoms with Gasteiger partial charge in [0.2, 0.25) is 0 Å². The van der Waals surface area contributed by atoms with E-state index in [1.54, 1.807) is 14.2 Å². The van der Waals surface area contributed by atoms with Gasteiger partial charge in [0, 0.05) is 32.1 Å².